The van der Waals surface area contributed by atoms with Gasteiger partial charge >= 0.3 is 0 Å². The molecule has 0 unspecified atom stereocenters. The fourth-order valence-electron chi connectivity index (χ4n) is 9.10. The Kier molecular flexibility index (Phi) is 9.95. The van der Waals surface area contributed by atoms with Crippen molar-refractivity contribution >= 4 is 43.6 Å². The predicted octanol–water partition coefficient (Wildman–Crippen LogP) is 15.9. The summed E-state index contributed by atoms with van der Waals surface area (Å²) in [7, 11) is 0. The molecular formula is C59H65N5. The Morgan fingerprint density at radius 3 is 0.859 bits per heavy atom. The lowest BCUT2D eigenvalue weighted by atomic mass is 9.85. The SMILES string of the molecule is CC(C)(C)c1ccc2c(c1)c1cc(C(C)(C)C)ccc1n2-c1ccccc1-c1nc(-c2ccccc2-n2c3ccc(C(C)(C)C)cc3c3cc(C(C)(C)C)ccc32)nc(C(C)(C)C)n1. The van der Waals surface area contributed by atoms with Crippen molar-refractivity contribution in [3.05, 3.63) is 149 Å². The van der Waals surface area contributed by atoms with Crippen LogP contribution in [0.1, 0.15) is 132 Å². The molecule has 9 aromatic rings. The fourth-order valence-corrected chi connectivity index (χ4v) is 9.10. The first-order valence-corrected chi connectivity index (χ1v) is 23.0. The van der Waals surface area contributed by atoms with Gasteiger partial charge in [-0.3, -0.25) is 0 Å². The smallest absolute Gasteiger partial charge is 0.165 e. The molecule has 0 radical (unpaired) electrons. The van der Waals surface area contributed by atoms with E-state index in [9.17, 15) is 0 Å². The van der Waals surface area contributed by atoms with E-state index >= 15 is 0 Å². The highest BCUT2D eigenvalue weighted by atomic mass is 15.1. The van der Waals surface area contributed by atoms with Crippen LogP contribution in [-0.2, 0) is 27.1 Å². The summed E-state index contributed by atoms with van der Waals surface area (Å²) in [6.45, 7) is 34.1. The summed E-state index contributed by atoms with van der Waals surface area (Å²) in [5.74, 6) is 2.05. The molecule has 326 valence electrons. The summed E-state index contributed by atoms with van der Waals surface area (Å²) < 4.78 is 4.84. The van der Waals surface area contributed by atoms with Crippen molar-refractivity contribution in [2.75, 3.05) is 0 Å². The standard InChI is InChI=1S/C59H65N5/c1-55(2,3)36-24-28-48-42(32-36)43-33-37(56(4,5)6)25-29-49(43)63(48)46-22-18-16-20-40(46)52-60-53(62-54(61-52)59(13,14)15)41-21-17-19-23-47(41)64-50-30-26-38(57(7,8)9)34-44(50)45-35-39(58(10,11)12)27-31-51(45)64/h16-35H,1-15H3. The largest absolute Gasteiger partial charge is 0.309 e. The lowest BCUT2D eigenvalue weighted by Gasteiger charge is -2.21. The van der Waals surface area contributed by atoms with Gasteiger partial charge in [0.1, 0.15) is 5.82 Å². The van der Waals surface area contributed by atoms with E-state index in [1.165, 1.54) is 43.8 Å². The summed E-state index contributed by atoms with van der Waals surface area (Å²) in [6, 6.07) is 45.3. The third-order valence-corrected chi connectivity index (χ3v) is 13.1. The summed E-state index contributed by atoms with van der Waals surface area (Å²) >= 11 is 0. The molecule has 64 heavy (non-hydrogen) atoms. The molecule has 5 nitrogen and oxygen atoms in total. The Balaban J connectivity index is 1.30. The van der Waals surface area contributed by atoms with E-state index in [0.29, 0.717) is 11.6 Å². The summed E-state index contributed by atoms with van der Waals surface area (Å²) in [5, 5.41) is 5.00. The highest BCUT2D eigenvalue weighted by molar-refractivity contribution is 6.11. The quantitative estimate of drug-likeness (QED) is 0.177. The van der Waals surface area contributed by atoms with Crippen LogP contribution >= 0.6 is 0 Å². The zero-order valence-electron chi connectivity index (χ0n) is 40.8. The molecule has 9 rings (SSSR count). The Morgan fingerprint density at radius 1 is 0.312 bits per heavy atom. The summed E-state index contributed by atoms with van der Waals surface area (Å²) in [4.78, 5) is 16.2. The number of para-hydroxylation sites is 2. The Labute approximate surface area is 380 Å². The second-order valence-electron chi connectivity index (χ2n) is 23.2. The third-order valence-electron chi connectivity index (χ3n) is 13.1. The van der Waals surface area contributed by atoms with Crippen molar-refractivity contribution in [3.8, 4) is 34.2 Å². The minimum Gasteiger partial charge on any atom is -0.309 e. The molecule has 0 fully saturated rings. The number of benzene rings is 6. The van der Waals surface area contributed by atoms with Gasteiger partial charge < -0.3 is 9.13 Å². The van der Waals surface area contributed by atoms with Gasteiger partial charge in [0.2, 0.25) is 0 Å². The van der Waals surface area contributed by atoms with E-state index in [0.717, 1.165) is 50.4 Å². The minimum absolute atomic E-state index is 0.00699. The highest BCUT2D eigenvalue weighted by Gasteiger charge is 2.27. The molecule has 0 saturated heterocycles. The Morgan fingerprint density at radius 2 is 0.594 bits per heavy atom. The first-order chi connectivity index (χ1) is 29.9. The van der Waals surface area contributed by atoms with Crippen LogP contribution in [0.3, 0.4) is 0 Å². The van der Waals surface area contributed by atoms with Crippen LogP contribution < -0.4 is 0 Å². The summed E-state index contributed by atoms with van der Waals surface area (Å²) in [5.41, 5.74) is 13.6. The molecular weight excluding hydrogens is 779 g/mol. The Bertz CT molecular complexity index is 2930. The molecule has 6 aromatic carbocycles. The molecule has 3 aromatic heterocycles. The van der Waals surface area contributed by atoms with Gasteiger partial charge in [0, 0.05) is 38.1 Å². The number of aromatic nitrogens is 5. The third kappa shape index (κ3) is 7.51. The second-order valence-corrected chi connectivity index (χ2v) is 23.2. The zero-order chi connectivity index (χ0) is 45.9. The lowest BCUT2D eigenvalue weighted by Crippen LogP contribution is -2.18. The molecule has 0 amide bonds. The second kappa shape index (κ2) is 14.7. The zero-order valence-corrected chi connectivity index (χ0v) is 40.8. The van der Waals surface area contributed by atoms with Crippen molar-refractivity contribution in [2.24, 2.45) is 0 Å². The van der Waals surface area contributed by atoms with E-state index in [1.54, 1.807) is 0 Å². The van der Waals surface area contributed by atoms with Gasteiger partial charge in [-0.25, -0.2) is 15.0 Å². The van der Waals surface area contributed by atoms with Gasteiger partial charge in [0.05, 0.1) is 33.4 Å². The van der Waals surface area contributed by atoms with Gasteiger partial charge in [-0.05, 0) is 117 Å². The van der Waals surface area contributed by atoms with Crippen molar-refractivity contribution in [1.82, 2.24) is 24.1 Å². The Hall–Kier alpha value is -6.07. The maximum Gasteiger partial charge on any atom is 0.165 e. The normalized spacial score (nSPS) is 13.2. The van der Waals surface area contributed by atoms with Crippen molar-refractivity contribution in [2.45, 2.75) is 131 Å². The molecule has 0 N–H and O–H groups in total. The van der Waals surface area contributed by atoms with Gasteiger partial charge in [-0.15, -0.1) is 0 Å². The number of hydrogen-bond donors (Lipinski definition) is 0. The minimum atomic E-state index is -0.352. The van der Waals surface area contributed by atoms with Crippen LogP contribution in [0.25, 0.3) is 77.8 Å². The van der Waals surface area contributed by atoms with Gasteiger partial charge in [-0.1, -0.05) is 152 Å². The van der Waals surface area contributed by atoms with Crippen LogP contribution in [0.4, 0.5) is 0 Å². The molecule has 5 heteroatoms. The van der Waals surface area contributed by atoms with Gasteiger partial charge in [-0.2, -0.15) is 0 Å². The molecule has 0 aliphatic heterocycles. The first kappa shape index (κ1) is 43.2. The molecule has 0 aliphatic carbocycles. The van der Waals surface area contributed by atoms with E-state index in [2.05, 4.69) is 234 Å². The van der Waals surface area contributed by atoms with Crippen molar-refractivity contribution in [3.63, 3.8) is 0 Å². The predicted molar refractivity (Wildman–Crippen MR) is 273 cm³/mol. The molecule has 0 saturated carbocycles. The van der Waals surface area contributed by atoms with E-state index in [1.807, 2.05) is 0 Å². The van der Waals surface area contributed by atoms with E-state index in [4.69, 9.17) is 15.0 Å². The highest BCUT2D eigenvalue weighted by Crippen LogP contribution is 2.42. The number of nitrogens with zero attached hydrogens (tertiary/aromatic N) is 5. The van der Waals surface area contributed by atoms with E-state index < -0.39 is 0 Å². The molecule has 0 spiro atoms. The van der Waals surface area contributed by atoms with Gasteiger partial charge in [0.25, 0.3) is 0 Å². The fraction of sp³-hybridized carbons (Fsp3) is 0.339. The molecule has 3 heterocycles. The number of hydrogen-bond acceptors (Lipinski definition) is 3. The maximum atomic E-state index is 5.49. The number of fused-ring (bicyclic) bond motifs is 6. The van der Waals surface area contributed by atoms with Crippen molar-refractivity contribution in [1.29, 1.82) is 0 Å². The molecule has 0 bridgehead atoms. The van der Waals surface area contributed by atoms with Crippen LogP contribution in [0, 0.1) is 0 Å². The maximum absolute atomic E-state index is 5.49. The number of rotatable bonds is 4. The van der Waals surface area contributed by atoms with Crippen molar-refractivity contribution < 1.29 is 0 Å². The van der Waals surface area contributed by atoms with E-state index in [-0.39, 0.29) is 27.1 Å². The average Bonchev–Trinajstić information content (AvgIpc) is 3.73. The average molecular weight is 844 g/mol. The van der Waals surface area contributed by atoms with Gasteiger partial charge in [0.15, 0.2) is 11.6 Å². The van der Waals surface area contributed by atoms with Crippen LogP contribution in [0.2, 0.25) is 0 Å². The molecule has 0 atom stereocenters. The summed E-state index contributed by atoms with van der Waals surface area (Å²) in [6.07, 6.45) is 0. The van der Waals surface area contributed by atoms with Crippen LogP contribution in [0.5, 0.6) is 0 Å². The van der Waals surface area contributed by atoms with Crippen LogP contribution in [-0.4, -0.2) is 24.1 Å². The first-order valence-electron chi connectivity index (χ1n) is 23.0. The monoisotopic (exact) mass is 844 g/mol. The topological polar surface area (TPSA) is 48.5 Å². The molecule has 0 aliphatic rings. The van der Waals surface area contributed by atoms with Crippen LogP contribution in [0.15, 0.2) is 121 Å². The lowest BCUT2D eigenvalue weighted by molar-refractivity contribution is 0.543.